The first kappa shape index (κ1) is 9.90. The van der Waals surface area contributed by atoms with E-state index in [4.69, 9.17) is 0 Å². The Hall–Kier alpha value is -2.08. The molecule has 0 heteroatoms. The topological polar surface area (TPSA) is 0 Å². The lowest BCUT2D eigenvalue weighted by Crippen LogP contribution is -1.88. The van der Waals surface area contributed by atoms with Crippen molar-refractivity contribution in [2.24, 2.45) is 0 Å². The zero-order valence-electron chi connectivity index (χ0n) is 10.3. The maximum absolute atomic E-state index is 3.35. The third-order valence-corrected chi connectivity index (χ3v) is 3.92. The number of rotatable bonds is 1. The van der Waals surface area contributed by atoms with E-state index in [1.165, 1.54) is 37.9 Å². The molecule has 0 nitrogen and oxygen atoms in total. The highest BCUT2D eigenvalue weighted by Crippen LogP contribution is 2.35. The van der Waals surface area contributed by atoms with E-state index in [2.05, 4.69) is 55.5 Å². The molecule has 4 rings (SSSR count). The van der Waals surface area contributed by atoms with Gasteiger partial charge in [-0.3, -0.25) is 0 Å². The van der Waals surface area contributed by atoms with Crippen molar-refractivity contribution in [3.8, 4) is 0 Å². The summed E-state index contributed by atoms with van der Waals surface area (Å²) in [5, 5.41) is 8.03. The summed E-state index contributed by atoms with van der Waals surface area (Å²) >= 11 is 0. The molecule has 0 unspecified atom stereocenters. The van der Waals surface area contributed by atoms with Crippen LogP contribution < -0.4 is 0 Å². The molecule has 0 bridgehead atoms. The number of benzene rings is 4. The zero-order valence-corrected chi connectivity index (χ0v) is 10.3. The first-order valence-electron chi connectivity index (χ1n) is 6.45. The SMILES string of the molecule is CCc1ccc2ccc3[c]ccc4ccc1c2c34. The Bertz CT molecular complexity index is 840. The van der Waals surface area contributed by atoms with Crippen molar-refractivity contribution in [1.82, 2.24) is 0 Å². The van der Waals surface area contributed by atoms with Gasteiger partial charge in [0.15, 0.2) is 0 Å². The van der Waals surface area contributed by atoms with Crippen LogP contribution in [0.25, 0.3) is 32.3 Å². The molecular weight excluding hydrogens is 216 g/mol. The molecule has 0 N–H and O–H groups in total. The summed E-state index contributed by atoms with van der Waals surface area (Å²) in [6.07, 6.45) is 1.08. The van der Waals surface area contributed by atoms with Gasteiger partial charge < -0.3 is 0 Å². The Morgan fingerprint density at radius 2 is 1.61 bits per heavy atom. The van der Waals surface area contributed by atoms with Crippen LogP contribution in [0.15, 0.2) is 48.5 Å². The van der Waals surface area contributed by atoms with Crippen molar-refractivity contribution < 1.29 is 0 Å². The van der Waals surface area contributed by atoms with Gasteiger partial charge in [-0.25, -0.2) is 0 Å². The molecule has 0 aromatic heterocycles. The molecule has 0 saturated carbocycles. The van der Waals surface area contributed by atoms with Crippen molar-refractivity contribution >= 4 is 32.3 Å². The normalized spacial score (nSPS) is 11.8. The molecular formula is C18H13. The lowest BCUT2D eigenvalue weighted by Gasteiger charge is -2.12. The van der Waals surface area contributed by atoms with Crippen LogP contribution in [0, 0.1) is 6.07 Å². The van der Waals surface area contributed by atoms with Crippen LogP contribution in [0.2, 0.25) is 0 Å². The summed E-state index contributed by atoms with van der Waals surface area (Å²) in [6.45, 7) is 2.22. The van der Waals surface area contributed by atoms with E-state index < -0.39 is 0 Å². The smallest absolute Gasteiger partial charge is 0.00205 e. The van der Waals surface area contributed by atoms with Gasteiger partial charge >= 0.3 is 0 Å². The van der Waals surface area contributed by atoms with Crippen LogP contribution in [0.3, 0.4) is 0 Å². The lowest BCUT2D eigenvalue weighted by atomic mass is 9.91. The minimum Gasteiger partial charge on any atom is -0.0613 e. The second-order valence-corrected chi connectivity index (χ2v) is 4.84. The van der Waals surface area contributed by atoms with Crippen molar-refractivity contribution in [2.45, 2.75) is 13.3 Å². The third-order valence-electron chi connectivity index (χ3n) is 3.92. The van der Waals surface area contributed by atoms with Gasteiger partial charge in [-0.2, -0.15) is 0 Å². The Kier molecular flexibility index (Phi) is 1.90. The summed E-state index contributed by atoms with van der Waals surface area (Å²) in [6, 6.07) is 20.9. The molecule has 0 aliphatic rings. The monoisotopic (exact) mass is 229 g/mol. The van der Waals surface area contributed by atoms with Gasteiger partial charge in [-0.1, -0.05) is 55.5 Å². The zero-order chi connectivity index (χ0) is 12.1. The second kappa shape index (κ2) is 3.46. The average Bonchev–Trinajstić information content (AvgIpc) is 2.44. The average molecular weight is 229 g/mol. The largest absolute Gasteiger partial charge is 0.0613 e. The summed E-state index contributed by atoms with van der Waals surface area (Å²) in [7, 11) is 0. The minimum absolute atomic E-state index is 1.08. The van der Waals surface area contributed by atoms with Gasteiger partial charge in [0, 0.05) is 0 Å². The maximum atomic E-state index is 3.35. The van der Waals surface area contributed by atoms with E-state index in [1.807, 2.05) is 6.07 Å². The molecule has 85 valence electrons. The van der Waals surface area contributed by atoms with Crippen molar-refractivity contribution in [1.29, 1.82) is 0 Å². The lowest BCUT2D eigenvalue weighted by molar-refractivity contribution is 1.16. The first-order valence-corrected chi connectivity index (χ1v) is 6.45. The standard InChI is InChI=1S/C18H13/c1-2-12-6-7-15-9-8-13-4-3-5-14-10-11-16(12)18(15)17(13)14/h3,5-11H,2H2,1H3. The molecule has 0 aliphatic heterocycles. The number of hydrogen-bond donors (Lipinski definition) is 0. The highest BCUT2D eigenvalue weighted by atomic mass is 14.1. The fourth-order valence-electron chi connectivity index (χ4n) is 3.02. The molecule has 0 heterocycles. The molecule has 0 fully saturated rings. The molecule has 0 spiro atoms. The summed E-state index contributed by atoms with van der Waals surface area (Å²) in [5.74, 6) is 0. The van der Waals surface area contributed by atoms with E-state index in [-0.39, 0.29) is 0 Å². The summed E-state index contributed by atoms with van der Waals surface area (Å²) < 4.78 is 0. The van der Waals surface area contributed by atoms with E-state index in [1.54, 1.807) is 0 Å². The van der Waals surface area contributed by atoms with E-state index in [0.29, 0.717) is 0 Å². The summed E-state index contributed by atoms with van der Waals surface area (Å²) in [4.78, 5) is 0. The Morgan fingerprint density at radius 3 is 2.50 bits per heavy atom. The second-order valence-electron chi connectivity index (χ2n) is 4.84. The fraction of sp³-hybridized carbons (Fsp3) is 0.111. The molecule has 0 atom stereocenters. The quantitative estimate of drug-likeness (QED) is 0.405. The fourth-order valence-corrected chi connectivity index (χ4v) is 3.02. The molecule has 18 heavy (non-hydrogen) atoms. The predicted molar refractivity (Wildman–Crippen MR) is 78.4 cm³/mol. The van der Waals surface area contributed by atoms with E-state index >= 15 is 0 Å². The van der Waals surface area contributed by atoms with Crippen LogP contribution in [-0.2, 0) is 6.42 Å². The molecule has 0 amide bonds. The maximum Gasteiger partial charge on any atom is -0.00205 e. The van der Waals surface area contributed by atoms with Gasteiger partial charge in [0.1, 0.15) is 0 Å². The van der Waals surface area contributed by atoms with Gasteiger partial charge in [0.05, 0.1) is 0 Å². The Balaban J connectivity index is 2.40. The molecule has 1 radical (unpaired) electrons. The van der Waals surface area contributed by atoms with Crippen LogP contribution in [0.5, 0.6) is 0 Å². The van der Waals surface area contributed by atoms with E-state index in [0.717, 1.165) is 6.42 Å². The van der Waals surface area contributed by atoms with Gasteiger partial charge in [-0.05, 0) is 50.4 Å². The summed E-state index contributed by atoms with van der Waals surface area (Å²) in [5.41, 5.74) is 1.43. The molecule has 0 saturated heterocycles. The van der Waals surface area contributed by atoms with Gasteiger partial charge in [0.25, 0.3) is 0 Å². The third kappa shape index (κ3) is 1.15. The first-order chi connectivity index (χ1) is 8.88. The van der Waals surface area contributed by atoms with Crippen molar-refractivity contribution in [2.75, 3.05) is 0 Å². The van der Waals surface area contributed by atoms with Crippen LogP contribution in [0.4, 0.5) is 0 Å². The van der Waals surface area contributed by atoms with Crippen molar-refractivity contribution in [3.05, 3.63) is 60.2 Å². The minimum atomic E-state index is 1.08. The van der Waals surface area contributed by atoms with Crippen LogP contribution in [0.1, 0.15) is 12.5 Å². The van der Waals surface area contributed by atoms with Gasteiger partial charge in [0.2, 0.25) is 0 Å². The Labute approximate surface area is 106 Å². The van der Waals surface area contributed by atoms with E-state index in [9.17, 15) is 0 Å². The predicted octanol–water partition coefficient (Wildman–Crippen LogP) is 4.95. The highest BCUT2D eigenvalue weighted by Gasteiger charge is 2.09. The van der Waals surface area contributed by atoms with Gasteiger partial charge in [-0.15, -0.1) is 0 Å². The highest BCUT2D eigenvalue weighted by molar-refractivity contribution is 6.23. The van der Waals surface area contributed by atoms with Crippen LogP contribution >= 0.6 is 0 Å². The van der Waals surface area contributed by atoms with Crippen LogP contribution in [-0.4, -0.2) is 0 Å². The van der Waals surface area contributed by atoms with Crippen molar-refractivity contribution in [3.63, 3.8) is 0 Å². The molecule has 4 aromatic carbocycles. The molecule has 4 aromatic rings. The number of hydrogen-bond acceptors (Lipinski definition) is 0. The number of aryl methyl sites for hydroxylation is 1. The Morgan fingerprint density at radius 1 is 0.833 bits per heavy atom. The molecule has 0 aliphatic carbocycles.